The summed E-state index contributed by atoms with van der Waals surface area (Å²) >= 11 is 0. The van der Waals surface area contributed by atoms with E-state index in [-0.39, 0.29) is 11.9 Å². The van der Waals surface area contributed by atoms with Gasteiger partial charge in [-0.2, -0.15) is 10.2 Å². The molecule has 4 rings (SSSR count). The largest absolute Gasteiger partial charge is 0.391 e. The minimum atomic E-state index is -0.536. The van der Waals surface area contributed by atoms with Gasteiger partial charge in [-0.3, -0.25) is 9.48 Å². The van der Waals surface area contributed by atoms with Gasteiger partial charge in [-0.1, -0.05) is 6.07 Å². The SMILES string of the molecule is O=C(N[C@@H]1CC(Cn2cccn2)C[C@H]1O)c1cccc2ccnn12. The summed E-state index contributed by atoms with van der Waals surface area (Å²) in [6.07, 6.45) is 6.19. The maximum absolute atomic E-state index is 12.6. The molecule has 0 saturated heterocycles. The number of nitrogens with zero attached hydrogens (tertiary/aromatic N) is 4. The lowest BCUT2D eigenvalue weighted by Gasteiger charge is -2.16. The van der Waals surface area contributed by atoms with Crippen LogP contribution < -0.4 is 5.32 Å². The molecule has 1 amide bonds. The second-order valence-electron chi connectivity index (χ2n) is 6.29. The molecule has 7 nitrogen and oxygen atoms in total. The summed E-state index contributed by atoms with van der Waals surface area (Å²) in [7, 11) is 0. The Kier molecular flexibility index (Phi) is 3.78. The van der Waals surface area contributed by atoms with Gasteiger partial charge in [0.05, 0.1) is 23.9 Å². The molecule has 0 radical (unpaired) electrons. The highest BCUT2D eigenvalue weighted by molar-refractivity contribution is 5.93. The Bertz CT molecular complexity index is 842. The minimum absolute atomic E-state index is 0.215. The fraction of sp³-hybridized carbons (Fsp3) is 0.353. The van der Waals surface area contributed by atoms with Crippen molar-refractivity contribution in [1.29, 1.82) is 0 Å². The van der Waals surface area contributed by atoms with Crippen LogP contribution in [0.1, 0.15) is 23.3 Å². The first kappa shape index (κ1) is 14.9. The monoisotopic (exact) mass is 325 g/mol. The third-order valence-corrected chi connectivity index (χ3v) is 4.60. The fourth-order valence-corrected chi connectivity index (χ4v) is 3.46. The van der Waals surface area contributed by atoms with Crippen molar-refractivity contribution < 1.29 is 9.90 Å². The maximum Gasteiger partial charge on any atom is 0.270 e. The molecule has 24 heavy (non-hydrogen) atoms. The lowest BCUT2D eigenvalue weighted by atomic mass is 10.1. The van der Waals surface area contributed by atoms with Gasteiger partial charge in [-0.25, -0.2) is 4.52 Å². The minimum Gasteiger partial charge on any atom is -0.391 e. The number of rotatable bonds is 4. The molecule has 1 saturated carbocycles. The molecule has 1 fully saturated rings. The molecule has 2 N–H and O–H groups in total. The van der Waals surface area contributed by atoms with Crippen molar-refractivity contribution in [2.45, 2.75) is 31.5 Å². The number of hydrogen-bond donors (Lipinski definition) is 2. The van der Waals surface area contributed by atoms with Crippen LogP contribution >= 0.6 is 0 Å². The number of amides is 1. The first-order valence-electron chi connectivity index (χ1n) is 8.10. The van der Waals surface area contributed by atoms with Crippen molar-refractivity contribution in [2.24, 2.45) is 5.92 Å². The highest BCUT2D eigenvalue weighted by atomic mass is 16.3. The lowest BCUT2D eigenvalue weighted by molar-refractivity contribution is 0.0865. The Balaban J connectivity index is 1.45. The van der Waals surface area contributed by atoms with Gasteiger partial charge in [0.25, 0.3) is 5.91 Å². The number of carbonyl (C=O) groups is 1. The van der Waals surface area contributed by atoms with Gasteiger partial charge in [-0.15, -0.1) is 0 Å². The zero-order chi connectivity index (χ0) is 16.5. The molecule has 3 aromatic heterocycles. The Morgan fingerprint density at radius 1 is 1.21 bits per heavy atom. The van der Waals surface area contributed by atoms with E-state index in [4.69, 9.17) is 0 Å². The van der Waals surface area contributed by atoms with Crippen LogP contribution in [-0.2, 0) is 6.54 Å². The normalized spacial score (nSPS) is 23.6. The van der Waals surface area contributed by atoms with E-state index in [1.54, 1.807) is 23.0 Å². The second-order valence-corrected chi connectivity index (χ2v) is 6.29. The average molecular weight is 325 g/mol. The molecule has 0 aliphatic heterocycles. The topological polar surface area (TPSA) is 84.5 Å². The summed E-state index contributed by atoms with van der Waals surface area (Å²) in [5.74, 6) is 0.0822. The van der Waals surface area contributed by atoms with Crippen molar-refractivity contribution in [3.05, 3.63) is 54.6 Å². The van der Waals surface area contributed by atoms with Crippen LogP contribution in [0.15, 0.2) is 48.9 Å². The van der Waals surface area contributed by atoms with Gasteiger partial charge < -0.3 is 10.4 Å². The summed E-state index contributed by atoms with van der Waals surface area (Å²) in [4.78, 5) is 12.6. The third-order valence-electron chi connectivity index (χ3n) is 4.60. The molecular formula is C17H19N5O2. The number of carbonyl (C=O) groups excluding carboxylic acids is 1. The number of aromatic nitrogens is 4. The quantitative estimate of drug-likeness (QED) is 0.752. The average Bonchev–Trinajstić information content (AvgIpc) is 3.29. The van der Waals surface area contributed by atoms with E-state index in [1.807, 2.05) is 35.1 Å². The van der Waals surface area contributed by atoms with E-state index in [0.29, 0.717) is 18.0 Å². The molecule has 3 heterocycles. The molecule has 1 aliphatic rings. The van der Waals surface area contributed by atoms with Crippen LogP contribution in [0.5, 0.6) is 0 Å². The van der Waals surface area contributed by atoms with E-state index in [9.17, 15) is 9.90 Å². The molecular weight excluding hydrogens is 306 g/mol. The number of aliphatic hydroxyl groups is 1. The molecule has 0 aromatic carbocycles. The van der Waals surface area contributed by atoms with Crippen LogP contribution in [-0.4, -0.2) is 42.6 Å². The zero-order valence-electron chi connectivity index (χ0n) is 13.1. The van der Waals surface area contributed by atoms with Crippen molar-refractivity contribution in [3.63, 3.8) is 0 Å². The summed E-state index contributed by atoms with van der Waals surface area (Å²) in [5, 5.41) is 21.6. The zero-order valence-corrected chi connectivity index (χ0v) is 13.1. The van der Waals surface area contributed by atoms with Crippen molar-refractivity contribution in [1.82, 2.24) is 24.7 Å². The van der Waals surface area contributed by atoms with Crippen LogP contribution in [0.25, 0.3) is 5.52 Å². The third kappa shape index (κ3) is 2.78. The summed E-state index contributed by atoms with van der Waals surface area (Å²) in [6, 6.07) is 8.95. The van der Waals surface area contributed by atoms with Gasteiger partial charge in [0, 0.05) is 18.9 Å². The molecule has 1 aliphatic carbocycles. The van der Waals surface area contributed by atoms with E-state index in [1.165, 1.54) is 0 Å². The fourth-order valence-electron chi connectivity index (χ4n) is 3.46. The van der Waals surface area contributed by atoms with E-state index in [2.05, 4.69) is 15.5 Å². The van der Waals surface area contributed by atoms with E-state index >= 15 is 0 Å². The number of fused-ring (bicyclic) bond motifs is 1. The lowest BCUT2D eigenvalue weighted by Crippen LogP contribution is -2.40. The molecule has 1 unspecified atom stereocenters. The van der Waals surface area contributed by atoms with Crippen molar-refractivity contribution in [3.8, 4) is 0 Å². The number of aliphatic hydroxyl groups excluding tert-OH is 1. The highest BCUT2D eigenvalue weighted by Crippen LogP contribution is 2.27. The van der Waals surface area contributed by atoms with Gasteiger partial charge >= 0.3 is 0 Å². The second kappa shape index (κ2) is 6.09. The van der Waals surface area contributed by atoms with Crippen molar-refractivity contribution >= 4 is 11.4 Å². The Labute approximate surface area is 138 Å². The van der Waals surface area contributed by atoms with Gasteiger partial charge in [0.15, 0.2) is 0 Å². The highest BCUT2D eigenvalue weighted by Gasteiger charge is 2.34. The standard InChI is InChI=1S/C17H19N5O2/c23-16-10-12(11-21-8-2-6-18-21)9-14(16)20-17(24)15-4-1-3-13-5-7-19-22(13)15/h1-8,12,14,16,23H,9-11H2,(H,20,24)/t12?,14-,16-/m1/s1. The molecule has 124 valence electrons. The summed E-state index contributed by atoms with van der Waals surface area (Å²) in [5.41, 5.74) is 1.34. The molecule has 7 heteroatoms. The molecule has 3 atom stereocenters. The predicted molar refractivity (Wildman–Crippen MR) is 87.4 cm³/mol. The van der Waals surface area contributed by atoms with Crippen LogP contribution in [0.2, 0.25) is 0 Å². The first-order valence-corrected chi connectivity index (χ1v) is 8.10. The van der Waals surface area contributed by atoms with Crippen LogP contribution in [0.3, 0.4) is 0 Å². The van der Waals surface area contributed by atoms with E-state index < -0.39 is 6.10 Å². The number of hydrogen-bond acceptors (Lipinski definition) is 4. The van der Waals surface area contributed by atoms with Crippen molar-refractivity contribution in [2.75, 3.05) is 0 Å². The molecule has 0 spiro atoms. The van der Waals surface area contributed by atoms with Crippen LogP contribution in [0, 0.1) is 5.92 Å². The Morgan fingerprint density at radius 3 is 2.96 bits per heavy atom. The summed E-state index contributed by atoms with van der Waals surface area (Å²) < 4.78 is 3.48. The maximum atomic E-state index is 12.6. The predicted octanol–water partition coefficient (Wildman–Crippen LogP) is 1.10. The molecule has 0 bridgehead atoms. The number of pyridine rings is 1. The van der Waals surface area contributed by atoms with Gasteiger partial charge in [0.2, 0.25) is 0 Å². The molecule has 3 aromatic rings. The Morgan fingerprint density at radius 2 is 2.12 bits per heavy atom. The summed E-state index contributed by atoms with van der Waals surface area (Å²) in [6.45, 7) is 0.755. The van der Waals surface area contributed by atoms with Gasteiger partial charge in [-0.05, 0) is 43.0 Å². The Hall–Kier alpha value is -2.67. The first-order chi connectivity index (χ1) is 11.7. The smallest absolute Gasteiger partial charge is 0.270 e. The van der Waals surface area contributed by atoms with Gasteiger partial charge in [0.1, 0.15) is 5.69 Å². The van der Waals surface area contributed by atoms with Crippen LogP contribution in [0.4, 0.5) is 0 Å². The van der Waals surface area contributed by atoms with E-state index in [0.717, 1.165) is 18.5 Å². The number of nitrogens with one attached hydrogen (secondary N) is 1.